The van der Waals surface area contributed by atoms with Gasteiger partial charge in [-0.15, -0.1) is 0 Å². The van der Waals surface area contributed by atoms with Gasteiger partial charge in [0.15, 0.2) is 0 Å². The lowest BCUT2D eigenvalue weighted by Gasteiger charge is -2.45. The normalized spacial score (nSPS) is 18.5. The van der Waals surface area contributed by atoms with E-state index in [9.17, 15) is 0 Å². The van der Waals surface area contributed by atoms with Crippen LogP contribution in [0, 0.1) is 13.8 Å². The van der Waals surface area contributed by atoms with Gasteiger partial charge in [-0.2, -0.15) is 0 Å². The maximum Gasteiger partial charge on any atom is 0.297 e. The maximum atomic E-state index is 7.60. The molecule has 2 aliphatic heterocycles. The molecule has 64 heavy (non-hydrogen) atoms. The number of fused-ring (bicyclic) bond motifs is 8. The molecule has 0 N–H and O–H groups in total. The lowest BCUT2D eigenvalue weighted by atomic mass is 9.35. The standard InChI is InChI=1S/C60H65BN2O/c1-36-29-50-53-51(30-36)63(49-31-39(20-19-37(49)2)38-17-15-14-16-18-38)48-24-21-40(56(3,4)5)32-47(48)61(53)55-54(42-34-45-46(35-52(42)64-55)60(12,13)28-27-59(45,10)11)62(50)41-22-23-43-44(33-41)58(8,9)26-25-57(43,6)7/h14-24,29-35H,25-28H2,1-13H3. The van der Waals surface area contributed by atoms with Crippen molar-refractivity contribution in [1.29, 1.82) is 0 Å². The molecule has 3 nitrogen and oxygen atoms in total. The van der Waals surface area contributed by atoms with Gasteiger partial charge < -0.3 is 14.2 Å². The molecular formula is C60H65BN2O. The molecule has 3 heterocycles. The highest BCUT2D eigenvalue weighted by Gasteiger charge is 2.49. The minimum Gasteiger partial charge on any atom is -0.468 e. The van der Waals surface area contributed by atoms with E-state index < -0.39 is 0 Å². The average molecular weight is 841 g/mol. The molecule has 0 amide bonds. The molecule has 1 aromatic heterocycles. The zero-order valence-corrected chi connectivity index (χ0v) is 40.6. The van der Waals surface area contributed by atoms with E-state index in [0.29, 0.717) is 0 Å². The minimum absolute atomic E-state index is 0.0449. The molecule has 0 bridgehead atoms. The Hall–Kier alpha value is -5.48. The highest BCUT2D eigenvalue weighted by atomic mass is 16.3. The van der Waals surface area contributed by atoms with Crippen molar-refractivity contribution in [3.05, 3.63) is 148 Å². The van der Waals surface area contributed by atoms with Gasteiger partial charge in [0.25, 0.3) is 6.71 Å². The van der Waals surface area contributed by atoms with Crippen molar-refractivity contribution < 1.29 is 4.42 Å². The van der Waals surface area contributed by atoms with Gasteiger partial charge in [-0.1, -0.05) is 137 Å². The third-order valence-corrected chi connectivity index (χ3v) is 16.3. The van der Waals surface area contributed by atoms with Crippen LogP contribution in [0.25, 0.3) is 22.1 Å². The lowest BCUT2D eigenvalue weighted by molar-refractivity contribution is 0.332. The summed E-state index contributed by atoms with van der Waals surface area (Å²) in [5.41, 5.74) is 24.3. The van der Waals surface area contributed by atoms with E-state index in [2.05, 4.69) is 209 Å². The van der Waals surface area contributed by atoms with E-state index in [4.69, 9.17) is 4.42 Å². The van der Waals surface area contributed by atoms with Gasteiger partial charge in [0.2, 0.25) is 0 Å². The third-order valence-electron chi connectivity index (χ3n) is 16.3. The van der Waals surface area contributed by atoms with Crippen LogP contribution in [-0.2, 0) is 27.1 Å². The number of furan rings is 1. The largest absolute Gasteiger partial charge is 0.468 e. The van der Waals surface area contributed by atoms with E-state index >= 15 is 0 Å². The van der Waals surface area contributed by atoms with Crippen LogP contribution in [-0.4, -0.2) is 6.71 Å². The van der Waals surface area contributed by atoms with Crippen LogP contribution in [0.5, 0.6) is 0 Å². The highest BCUT2D eigenvalue weighted by molar-refractivity contribution is 7.00. The second-order valence-electron chi connectivity index (χ2n) is 23.7. The first-order valence-corrected chi connectivity index (χ1v) is 24.0. The van der Waals surface area contributed by atoms with Gasteiger partial charge in [0.1, 0.15) is 5.58 Å². The van der Waals surface area contributed by atoms with Crippen molar-refractivity contribution in [2.24, 2.45) is 0 Å². The van der Waals surface area contributed by atoms with Gasteiger partial charge in [-0.3, -0.25) is 0 Å². The number of nitrogens with zero attached hydrogens (tertiary/aromatic N) is 2. The van der Waals surface area contributed by atoms with Crippen molar-refractivity contribution in [1.82, 2.24) is 0 Å². The summed E-state index contributed by atoms with van der Waals surface area (Å²) < 4.78 is 7.60. The van der Waals surface area contributed by atoms with Crippen molar-refractivity contribution in [3.8, 4) is 11.1 Å². The molecular weight excluding hydrogens is 775 g/mol. The summed E-state index contributed by atoms with van der Waals surface area (Å²) in [5.74, 6) is 0. The maximum absolute atomic E-state index is 7.60. The molecule has 0 fully saturated rings. The second kappa shape index (κ2) is 13.5. The van der Waals surface area contributed by atoms with Crippen molar-refractivity contribution in [2.75, 3.05) is 9.80 Å². The van der Waals surface area contributed by atoms with E-state index in [1.165, 1.54) is 113 Å². The van der Waals surface area contributed by atoms with Gasteiger partial charge in [0.05, 0.1) is 11.3 Å². The number of hydrogen-bond acceptors (Lipinski definition) is 3. The first kappa shape index (κ1) is 41.2. The Morgan fingerprint density at radius 2 is 1.14 bits per heavy atom. The van der Waals surface area contributed by atoms with Gasteiger partial charge >= 0.3 is 0 Å². The Kier molecular flexibility index (Phi) is 8.72. The number of hydrogen-bond donors (Lipinski definition) is 0. The molecule has 0 atom stereocenters. The lowest BCUT2D eigenvalue weighted by Crippen LogP contribution is -2.61. The van der Waals surface area contributed by atoms with Gasteiger partial charge in [-0.25, -0.2) is 0 Å². The van der Waals surface area contributed by atoms with Crippen LogP contribution in [0.15, 0.2) is 114 Å². The van der Waals surface area contributed by atoms with Crippen LogP contribution in [0.4, 0.5) is 34.1 Å². The Bertz CT molecular complexity index is 3080. The molecule has 2 aliphatic carbocycles. The zero-order valence-electron chi connectivity index (χ0n) is 40.6. The monoisotopic (exact) mass is 841 g/mol. The van der Waals surface area contributed by atoms with Crippen molar-refractivity contribution >= 4 is 68.4 Å². The number of anilines is 6. The van der Waals surface area contributed by atoms with E-state index in [-0.39, 0.29) is 33.8 Å². The third kappa shape index (κ3) is 6.06. The second-order valence-corrected chi connectivity index (χ2v) is 23.7. The van der Waals surface area contributed by atoms with Crippen LogP contribution in [0.1, 0.15) is 141 Å². The number of benzene rings is 6. The summed E-state index contributed by atoms with van der Waals surface area (Å²) in [7, 11) is 0. The average Bonchev–Trinajstić information content (AvgIpc) is 3.62. The topological polar surface area (TPSA) is 19.6 Å². The molecule has 4 aliphatic rings. The summed E-state index contributed by atoms with van der Waals surface area (Å²) in [6.45, 7) is 31.0. The number of aryl methyl sites for hydroxylation is 2. The van der Waals surface area contributed by atoms with Gasteiger partial charge in [-0.05, 0) is 176 Å². The number of rotatable bonds is 3. The summed E-state index contributed by atoms with van der Waals surface area (Å²) in [6, 6.07) is 42.5. The molecule has 0 spiro atoms. The Labute approximate surface area is 383 Å². The predicted molar refractivity (Wildman–Crippen MR) is 274 cm³/mol. The zero-order chi connectivity index (χ0) is 45.0. The quantitative estimate of drug-likeness (QED) is 0.165. The molecule has 11 rings (SSSR count). The Morgan fingerprint density at radius 1 is 0.531 bits per heavy atom. The van der Waals surface area contributed by atoms with Crippen LogP contribution in [0.3, 0.4) is 0 Å². The first-order valence-electron chi connectivity index (χ1n) is 24.0. The van der Waals surface area contributed by atoms with Crippen LogP contribution in [0.2, 0.25) is 0 Å². The fraction of sp³-hybridized carbons (Fsp3) is 0.367. The van der Waals surface area contributed by atoms with E-state index in [1.807, 2.05) is 0 Å². The smallest absolute Gasteiger partial charge is 0.297 e. The molecule has 6 aromatic carbocycles. The van der Waals surface area contributed by atoms with E-state index in [1.54, 1.807) is 0 Å². The Balaban J connectivity index is 1.26. The van der Waals surface area contributed by atoms with E-state index in [0.717, 1.165) is 24.1 Å². The fourth-order valence-electron chi connectivity index (χ4n) is 12.1. The molecule has 0 saturated carbocycles. The summed E-state index contributed by atoms with van der Waals surface area (Å²) in [5, 5.41) is 1.22. The molecule has 324 valence electrons. The minimum atomic E-state index is -0.110. The summed E-state index contributed by atoms with van der Waals surface area (Å²) in [4.78, 5) is 5.21. The van der Waals surface area contributed by atoms with Crippen molar-refractivity contribution in [2.45, 2.75) is 143 Å². The first-order chi connectivity index (χ1) is 30.1. The fourth-order valence-corrected chi connectivity index (χ4v) is 12.1. The summed E-state index contributed by atoms with van der Waals surface area (Å²) in [6.07, 6.45) is 4.68. The SMILES string of the molecule is Cc1cc2c3c(c1)N(c1ccc4c(c1)C(C)(C)CCC4(C)C)c1c(oc4cc5c(cc14)C(C)(C)CCC5(C)C)B3c1cc(C(C)(C)C)ccc1N2c1cc(-c2ccccc2)ccc1C. The molecule has 0 unspecified atom stereocenters. The van der Waals surface area contributed by atoms with Crippen molar-refractivity contribution in [3.63, 3.8) is 0 Å². The highest BCUT2D eigenvalue weighted by Crippen LogP contribution is 2.54. The molecule has 4 heteroatoms. The Morgan fingerprint density at radius 3 is 1.80 bits per heavy atom. The van der Waals surface area contributed by atoms with Crippen LogP contribution >= 0.6 is 0 Å². The molecule has 0 saturated heterocycles. The van der Waals surface area contributed by atoms with Gasteiger partial charge in [0, 0.05) is 33.8 Å². The molecule has 0 radical (unpaired) electrons. The van der Waals surface area contributed by atoms with Crippen LogP contribution < -0.4 is 26.4 Å². The predicted octanol–water partition coefficient (Wildman–Crippen LogP) is 14.8. The molecule has 7 aromatic rings. The summed E-state index contributed by atoms with van der Waals surface area (Å²) >= 11 is 0.